The van der Waals surface area contributed by atoms with Gasteiger partial charge in [0.05, 0.1) is 31.1 Å². The first-order valence-electron chi connectivity index (χ1n) is 41.1. The summed E-state index contributed by atoms with van der Waals surface area (Å²) >= 11 is 1.35. The Bertz CT molecular complexity index is 4200. The minimum absolute atomic E-state index is 0.00513. The van der Waals surface area contributed by atoms with Gasteiger partial charge in [0.25, 0.3) is 0 Å². The zero-order valence-corrected chi connectivity index (χ0v) is 71.7. The maximum Gasteiger partial charge on any atom is 0.326 e. The number of aliphatic hydroxyl groups excluding tert-OH is 1. The number of primary amides is 2. The Morgan fingerprint density at radius 3 is 1.41 bits per heavy atom. The second-order valence-electron chi connectivity index (χ2n) is 32.1. The number of nitrogens with zero attached hydrogens (tertiary/aromatic N) is 2. The highest BCUT2D eigenvalue weighted by Crippen LogP contribution is 2.23. The minimum Gasteiger partial charge on any atom is -0.508 e. The highest BCUT2D eigenvalue weighted by molar-refractivity contribution is 7.98. The van der Waals surface area contributed by atoms with Crippen LogP contribution in [0.2, 0.25) is 0 Å². The molecule has 14 atom stereocenters. The van der Waals surface area contributed by atoms with Crippen LogP contribution in [0, 0.1) is 23.7 Å². The first kappa shape index (κ1) is 102. The number of amides is 15. The van der Waals surface area contributed by atoms with Crippen LogP contribution < -0.4 is 86.7 Å². The maximum absolute atomic E-state index is 15.0. The lowest BCUT2D eigenvalue weighted by molar-refractivity contribution is -0.143. The van der Waals surface area contributed by atoms with Gasteiger partial charge in [-0.1, -0.05) is 110 Å². The van der Waals surface area contributed by atoms with Gasteiger partial charge in [-0.2, -0.15) is 11.8 Å². The molecule has 123 heavy (non-hydrogen) atoms. The summed E-state index contributed by atoms with van der Waals surface area (Å²) in [5.41, 5.74) is 24.7. The van der Waals surface area contributed by atoms with Crippen LogP contribution in [0.3, 0.4) is 0 Å². The fourth-order valence-electron chi connectivity index (χ4n) is 13.5. The molecule has 25 N–H and O–H groups in total. The van der Waals surface area contributed by atoms with Crippen LogP contribution in [0.5, 0.6) is 11.5 Å². The van der Waals surface area contributed by atoms with Gasteiger partial charge in [0.2, 0.25) is 88.6 Å². The van der Waals surface area contributed by atoms with Crippen molar-refractivity contribution in [1.82, 2.24) is 78.7 Å². The molecular formula is C83H123N19O20S. The highest BCUT2D eigenvalue weighted by atomic mass is 32.2. The number of phenolic OH excluding ortho intramolecular Hbond substituents is 2. The van der Waals surface area contributed by atoms with Crippen molar-refractivity contribution in [1.29, 1.82) is 0 Å². The quantitative estimate of drug-likeness (QED) is 0.0207. The second-order valence-corrected chi connectivity index (χ2v) is 33.1. The van der Waals surface area contributed by atoms with Gasteiger partial charge in [-0.05, 0) is 147 Å². The van der Waals surface area contributed by atoms with Crippen molar-refractivity contribution in [3.8, 4) is 11.5 Å². The van der Waals surface area contributed by atoms with E-state index < -0.39 is 217 Å². The molecule has 676 valence electrons. The van der Waals surface area contributed by atoms with E-state index in [0.29, 0.717) is 42.0 Å². The van der Waals surface area contributed by atoms with Crippen LogP contribution in [-0.4, -0.2) is 246 Å². The van der Waals surface area contributed by atoms with E-state index >= 15 is 0 Å². The highest BCUT2D eigenvalue weighted by Gasteiger charge is 2.43. The number of phenols is 2. The number of carboxylic acid groups (broad SMARTS) is 1. The van der Waals surface area contributed by atoms with E-state index in [1.807, 2.05) is 0 Å². The molecule has 1 aromatic heterocycles. The molecule has 39 nitrogen and oxygen atoms in total. The number of benzene rings is 3. The molecule has 40 heteroatoms. The maximum atomic E-state index is 15.0. The van der Waals surface area contributed by atoms with Crippen molar-refractivity contribution < 1.29 is 97.1 Å². The number of H-pyrrole nitrogens is 1. The van der Waals surface area contributed by atoms with Crippen molar-refractivity contribution in [2.75, 3.05) is 31.7 Å². The van der Waals surface area contributed by atoms with Crippen LogP contribution in [-0.2, 0) is 102 Å². The molecule has 0 unspecified atom stereocenters. The number of hydrogen-bond donors (Lipinski definition) is 21. The number of carbonyl (C=O) groups is 16. The third kappa shape index (κ3) is 34.6. The largest absolute Gasteiger partial charge is 0.508 e. The Morgan fingerprint density at radius 2 is 0.927 bits per heavy atom. The van der Waals surface area contributed by atoms with Crippen LogP contribution in [0.25, 0.3) is 0 Å². The van der Waals surface area contributed by atoms with E-state index in [0.717, 1.165) is 10.5 Å². The van der Waals surface area contributed by atoms with Gasteiger partial charge >= 0.3 is 5.97 Å². The number of imidazole rings is 1. The first-order valence-corrected chi connectivity index (χ1v) is 42.5. The Hall–Kier alpha value is -11.8. The van der Waals surface area contributed by atoms with Crippen LogP contribution in [0.1, 0.15) is 148 Å². The van der Waals surface area contributed by atoms with Crippen molar-refractivity contribution in [2.24, 2.45) is 46.6 Å². The lowest BCUT2D eigenvalue weighted by Gasteiger charge is -2.31. The van der Waals surface area contributed by atoms with E-state index in [2.05, 4.69) is 73.8 Å². The number of nitrogens with one attached hydrogen (secondary N) is 13. The smallest absolute Gasteiger partial charge is 0.326 e. The lowest BCUT2D eigenvalue weighted by atomic mass is 9.98. The number of hydrogen-bond acceptors (Lipinski definition) is 23. The average molecular weight is 1740 g/mol. The number of thioether (sulfide) groups is 1. The van der Waals surface area contributed by atoms with Crippen LogP contribution >= 0.6 is 11.8 Å². The summed E-state index contributed by atoms with van der Waals surface area (Å²) in [7, 11) is 0. The Balaban J connectivity index is 1.37. The third-order valence-electron chi connectivity index (χ3n) is 20.2. The monoisotopic (exact) mass is 1740 g/mol. The number of carbonyl (C=O) groups excluding carboxylic acids is 15. The zero-order chi connectivity index (χ0) is 91.3. The summed E-state index contributed by atoms with van der Waals surface area (Å²) in [6, 6.07) is -0.691. The number of aromatic amines is 1. The number of aliphatic hydroxyl groups is 1. The van der Waals surface area contributed by atoms with E-state index in [4.69, 9.17) is 22.9 Å². The van der Waals surface area contributed by atoms with E-state index in [1.165, 1.54) is 72.8 Å². The predicted molar refractivity (Wildman–Crippen MR) is 453 cm³/mol. The molecule has 15 amide bonds. The minimum atomic E-state index is -1.83. The standard InChI is InChI=1S/C83H123N19O20S/c1-44(2)34-58(94-74(112)61(38-50-22-26-53(105)27-23-50)96-79(117)65-19-15-32-102(65)82(120)56(28-29-66(86)106)91-77(115)63(40-67(87)107)98-80(118)68(46(5)6)100-70(108)54(85)36-48-16-11-10-12-17-48)72(110)93-59(35-45(3)4)73(111)95-60(37-49-20-24-52(104)25-21-49)75(113)99-64(42-103)78(116)101-69(47(7)8)81(119)97-62(39-51-41-88-43-89-51)76(114)90-55(30-33-123-9)71(109)92-57(83(121)122)18-13-14-31-84/h10-12,16-17,20-27,41,43-47,54-65,68-69,103-105H,13-15,18-19,28-40,42,84-85H2,1-9H3,(H2,86,106)(H2,87,107)(H,88,89)(H,90,114)(H,91,115)(H,92,109)(H,93,110)(H,94,112)(H,95,111)(H,96,117)(H,97,119)(H,98,118)(H,99,113)(H,100,108)(H,101,116)(H,121,122)/t54-,55-,56-,57-,58-,59-,60-,61-,62-,63-,64-,65-,68-,69-/m0/s1. The molecule has 5 rings (SSSR count). The third-order valence-corrected chi connectivity index (χ3v) is 20.9. The van der Waals surface area contributed by atoms with Gasteiger partial charge in [0, 0.05) is 38.4 Å². The van der Waals surface area contributed by atoms with Crippen molar-refractivity contribution in [3.63, 3.8) is 0 Å². The second kappa shape index (κ2) is 51.2. The normalized spacial score (nSPS) is 15.7. The number of nitrogens with two attached hydrogens (primary N) is 4. The molecule has 1 fully saturated rings. The van der Waals surface area contributed by atoms with E-state index in [-0.39, 0.29) is 94.1 Å². The molecule has 1 aliphatic heterocycles. The van der Waals surface area contributed by atoms with E-state index in [9.17, 15) is 97.1 Å². The average Bonchev–Trinajstić information content (AvgIpc) is 1.70. The summed E-state index contributed by atoms with van der Waals surface area (Å²) in [4.78, 5) is 233. The van der Waals surface area contributed by atoms with Gasteiger partial charge in [0.1, 0.15) is 90.0 Å². The summed E-state index contributed by atoms with van der Waals surface area (Å²) < 4.78 is 0. The number of carboxylic acids is 1. The Morgan fingerprint density at radius 1 is 0.488 bits per heavy atom. The van der Waals surface area contributed by atoms with Gasteiger partial charge in [-0.25, -0.2) is 9.78 Å². The van der Waals surface area contributed by atoms with Gasteiger partial charge in [0.15, 0.2) is 0 Å². The van der Waals surface area contributed by atoms with Crippen molar-refractivity contribution in [2.45, 2.75) is 236 Å². The molecule has 1 saturated heterocycles. The number of aromatic hydroxyl groups is 2. The molecule has 0 spiro atoms. The van der Waals surface area contributed by atoms with Gasteiger partial charge in [-0.3, -0.25) is 71.9 Å². The summed E-state index contributed by atoms with van der Waals surface area (Å²) in [5, 5.41) is 72.3. The molecular weight excluding hydrogens is 1620 g/mol. The molecule has 0 saturated carbocycles. The predicted octanol–water partition coefficient (Wildman–Crippen LogP) is -2.27. The molecule has 3 aromatic carbocycles. The molecule has 2 heterocycles. The fraction of sp³-hybridized carbons (Fsp3) is 0.554. The Kier molecular flexibility index (Phi) is 42.4. The SMILES string of the molecule is CSCC[C@H](NC(=O)[C@H](Cc1c[nH]cn1)NC(=O)[C@@H](NC(=O)[C@H](CO)NC(=O)[C@H](Cc1ccc(O)cc1)NC(=O)[C@H](CC(C)C)NC(=O)[C@H](CC(C)C)NC(=O)[C@H](Cc1ccc(O)cc1)NC(=O)[C@@H]1CCCN1C(=O)[C@H](CCC(N)=O)NC(=O)[C@H](CC(N)=O)NC(=O)[C@@H](NC(=O)[C@@H](N)Cc1ccccc1)C(C)C)C(C)C)C(=O)N[C@@H](CCCCN)C(=O)O. The number of aromatic nitrogens is 2. The topological polar surface area (TPSA) is 634 Å². The number of rotatable bonds is 53. The zero-order valence-electron chi connectivity index (χ0n) is 70.9. The van der Waals surface area contributed by atoms with Crippen molar-refractivity contribution in [3.05, 3.63) is 114 Å². The summed E-state index contributed by atoms with van der Waals surface area (Å²) in [5.74, 6) is -17.3. The van der Waals surface area contributed by atoms with Gasteiger partial charge in [-0.15, -0.1) is 0 Å². The number of aliphatic carboxylic acids is 1. The molecule has 4 aromatic rings. The fourth-order valence-corrected chi connectivity index (χ4v) is 14.0. The summed E-state index contributed by atoms with van der Waals surface area (Å²) in [6.45, 7) is 12.4. The lowest BCUT2D eigenvalue weighted by Crippen LogP contribution is -2.62. The number of unbranched alkanes of at least 4 members (excludes halogenated alkanes) is 1. The first-order chi connectivity index (χ1) is 58.2. The molecule has 0 aliphatic carbocycles. The van der Waals surface area contributed by atoms with Crippen molar-refractivity contribution >= 4 is 106 Å². The number of likely N-dealkylation sites (tertiary alicyclic amines) is 1. The molecule has 0 radical (unpaired) electrons. The molecule has 0 bridgehead atoms. The van der Waals surface area contributed by atoms with Crippen LogP contribution in [0.4, 0.5) is 0 Å². The molecule has 1 aliphatic rings. The summed E-state index contributed by atoms with van der Waals surface area (Å²) in [6.07, 6.45) is 3.10. The van der Waals surface area contributed by atoms with E-state index in [1.54, 1.807) is 92.0 Å². The Labute approximate surface area is 718 Å². The van der Waals surface area contributed by atoms with Gasteiger partial charge < -0.3 is 117 Å². The van der Waals surface area contributed by atoms with Crippen LogP contribution in [0.15, 0.2) is 91.4 Å².